The summed E-state index contributed by atoms with van der Waals surface area (Å²) in [6.45, 7) is 15.8. The molecule has 0 aliphatic heterocycles. The molecule has 5 nitrogen and oxygen atoms in total. The van der Waals surface area contributed by atoms with E-state index in [0.717, 1.165) is 25.4 Å². The molecule has 0 saturated heterocycles. The van der Waals surface area contributed by atoms with Crippen LogP contribution in [0.3, 0.4) is 0 Å². The van der Waals surface area contributed by atoms with Crippen LogP contribution >= 0.6 is 0 Å². The van der Waals surface area contributed by atoms with E-state index >= 15 is 0 Å². The molecule has 0 fully saturated rings. The van der Waals surface area contributed by atoms with Gasteiger partial charge in [0.05, 0.1) is 6.23 Å². The van der Waals surface area contributed by atoms with E-state index in [1.807, 2.05) is 24.3 Å². The lowest BCUT2D eigenvalue weighted by Crippen LogP contribution is -2.47. The number of nitrogens with zero attached hydrogens (tertiary/aromatic N) is 4. The quantitative estimate of drug-likeness (QED) is 0.132. The predicted molar refractivity (Wildman–Crippen MR) is 142 cm³/mol. The second-order valence-corrected chi connectivity index (χ2v) is 14.4. The summed E-state index contributed by atoms with van der Waals surface area (Å²) in [5.41, 5.74) is 10.5. The van der Waals surface area contributed by atoms with Crippen LogP contribution in [0.25, 0.3) is 10.4 Å². The fraction of sp³-hybridized carbons (Fsp3) is 0.407. The Morgan fingerprint density at radius 3 is 2.52 bits per heavy atom. The molecule has 0 atom stereocenters. The minimum atomic E-state index is -1.79. The average molecular weight is 461 g/mol. The maximum atomic E-state index is 8.58. The summed E-state index contributed by atoms with van der Waals surface area (Å²) in [4.78, 5) is 5.21. The van der Waals surface area contributed by atoms with Crippen molar-refractivity contribution in [3.63, 3.8) is 0 Å². The molecule has 2 rings (SSSR count). The van der Waals surface area contributed by atoms with Crippen molar-refractivity contribution in [1.29, 1.82) is 0 Å². The molecule has 174 valence electrons. The second-order valence-electron chi connectivity index (χ2n) is 9.81. The van der Waals surface area contributed by atoms with Gasteiger partial charge in [0.15, 0.2) is 0 Å². The third kappa shape index (κ3) is 9.59. The molecule has 0 saturated carbocycles. The molecular weight excluding hydrogens is 424 g/mol. The standard InChI is InChI=1S/C27H36N4OSi/c1-7-31(19-10-8-9-18-27(2,3)4)21-23-12-11-13-25(20-23)32-22-33(5,6)26-16-14-24(15-17-26)29-30-28/h8,10-17,20H,7,19,21-22H2,1-6H3/b10-8+. The molecule has 6 heteroatoms. The van der Waals surface area contributed by atoms with E-state index in [0.29, 0.717) is 11.9 Å². The summed E-state index contributed by atoms with van der Waals surface area (Å²) in [6, 6.07) is 16.2. The highest BCUT2D eigenvalue weighted by molar-refractivity contribution is 6.89. The average Bonchev–Trinajstić information content (AvgIpc) is 2.77. The van der Waals surface area contributed by atoms with E-state index in [2.05, 4.69) is 104 Å². The van der Waals surface area contributed by atoms with Crippen molar-refractivity contribution in [1.82, 2.24) is 4.90 Å². The fourth-order valence-electron chi connectivity index (χ4n) is 3.19. The molecule has 0 aliphatic rings. The lowest BCUT2D eigenvalue weighted by molar-refractivity contribution is 0.310. The first kappa shape index (κ1) is 26.3. The third-order valence-electron chi connectivity index (χ3n) is 5.17. The van der Waals surface area contributed by atoms with Gasteiger partial charge < -0.3 is 4.74 Å². The Morgan fingerprint density at radius 1 is 1.15 bits per heavy atom. The molecule has 2 aromatic rings. The highest BCUT2D eigenvalue weighted by Gasteiger charge is 2.24. The van der Waals surface area contributed by atoms with Gasteiger partial charge in [-0.05, 0) is 56.6 Å². The van der Waals surface area contributed by atoms with Gasteiger partial charge >= 0.3 is 0 Å². The van der Waals surface area contributed by atoms with Gasteiger partial charge in [-0.25, -0.2) is 0 Å². The monoisotopic (exact) mass is 460 g/mol. The van der Waals surface area contributed by atoms with E-state index in [9.17, 15) is 0 Å². The molecule has 0 N–H and O–H groups in total. The molecule has 0 radical (unpaired) electrons. The van der Waals surface area contributed by atoms with Crippen LogP contribution in [0.15, 0.2) is 65.8 Å². The molecule has 33 heavy (non-hydrogen) atoms. The molecule has 0 heterocycles. The highest BCUT2D eigenvalue weighted by Crippen LogP contribution is 2.18. The number of likely N-dealkylation sites (N-methyl/N-ethyl adjacent to an activating group) is 1. The first-order valence-electron chi connectivity index (χ1n) is 11.4. The lowest BCUT2D eigenvalue weighted by atomic mass is 9.98. The van der Waals surface area contributed by atoms with Crippen molar-refractivity contribution in [3.8, 4) is 17.6 Å². The molecule has 0 bridgehead atoms. The summed E-state index contributed by atoms with van der Waals surface area (Å²) in [7, 11) is -1.79. The Bertz CT molecular complexity index is 1040. The van der Waals surface area contributed by atoms with Crippen molar-refractivity contribution in [2.24, 2.45) is 10.5 Å². The lowest BCUT2D eigenvalue weighted by Gasteiger charge is -2.24. The van der Waals surface area contributed by atoms with Crippen LogP contribution in [-0.2, 0) is 6.54 Å². The van der Waals surface area contributed by atoms with Crippen LogP contribution in [0, 0.1) is 17.3 Å². The zero-order valence-corrected chi connectivity index (χ0v) is 21.8. The topological polar surface area (TPSA) is 61.2 Å². The summed E-state index contributed by atoms with van der Waals surface area (Å²) < 4.78 is 6.23. The molecule has 0 aromatic heterocycles. The van der Waals surface area contributed by atoms with Gasteiger partial charge in [0, 0.05) is 29.1 Å². The van der Waals surface area contributed by atoms with Gasteiger partial charge in [0.25, 0.3) is 0 Å². The van der Waals surface area contributed by atoms with Gasteiger partial charge in [-0.15, -0.1) is 0 Å². The van der Waals surface area contributed by atoms with Crippen molar-refractivity contribution < 1.29 is 4.74 Å². The molecule has 0 aliphatic carbocycles. The minimum absolute atomic E-state index is 0.0298. The summed E-state index contributed by atoms with van der Waals surface area (Å²) in [5, 5.41) is 4.92. The number of hydrogen-bond donors (Lipinski definition) is 0. The SMILES string of the molecule is CCN(C/C=C/C#CC(C)(C)C)Cc1cccc(OC[Si](C)(C)c2ccc(N=[N+]=[N-])cc2)c1. The molecular formula is C27H36N4OSi. The van der Waals surface area contributed by atoms with Gasteiger partial charge in [-0.1, -0.05) is 84.6 Å². The number of benzene rings is 2. The van der Waals surface area contributed by atoms with Crippen LogP contribution in [0.1, 0.15) is 33.3 Å². The smallest absolute Gasteiger partial charge is 0.124 e. The third-order valence-corrected chi connectivity index (χ3v) is 7.93. The minimum Gasteiger partial charge on any atom is -0.497 e. The number of azide groups is 1. The highest BCUT2D eigenvalue weighted by atomic mass is 28.3. The van der Waals surface area contributed by atoms with E-state index in [1.165, 1.54) is 10.8 Å². The Balaban J connectivity index is 1.96. The molecule has 0 spiro atoms. The van der Waals surface area contributed by atoms with E-state index in [4.69, 9.17) is 10.3 Å². The largest absolute Gasteiger partial charge is 0.497 e. The van der Waals surface area contributed by atoms with E-state index in [1.54, 1.807) is 0 Å². The van der Waals surface area contributed by atoms with Crippen LogP contribution in [0.5, 0.6) is 5.75 Å². The molecule has 0 amide bonds. The van der Waals surface area contributed by atoms with E-state index in [-0.39, 0.29) is 5.41 Å². The van der Waals surface area contributed by atoms with Crippen molar-refractivity contribution in [3.05, 3.63) is 76.7 Å². The van der Waals surface area contributed by atoms with Crippen molar-refractivity contribution >= 4 is 18.9 Å². The number of hydrogen-bond acceptors (Lipinski definition) is 3. The number of allylic oxidation sites excluding steroid dienone is 1. The van der Waals surface area contributed by atoms with E-state index < -0.39 is 8.07 Å². The second kappa shape index (κ2) is 12.3. The zero-order valence-electron chi connectivity index (χ0n) is 20.8. The van der Waals surface area contributed by atoms with Gasteiger partial charge in [-0.2, -0.15) is 0 Å². The summed E-state index contributed by atoms with van der Waals surface area (Å²) in [5.74, 6) is 7.27. The normalized spacial score (nSPS) is 11.7. The Hall–Kier alpha value is -2.97. The molecule has 2 aromatic carbocycles. The first-order valence-corrected chi connectivity index (χ1v) is 14.6. The van der Waals surface area contributed by atoms with Crippen molar-refractivity contribution in [2.45, 2.75) is 47.3 Å². The van der Waals surface area contributed by atoms with Crippen LogP contribution in [0.4, 0.5) is 5.69 Å². The van der Waals surface area contributed by atoms with Gasteiger partial charge in [0.2, 0.25) is 0 Å². The van der Waals surface area contributed by atoms with Gasteiger partial charge in [0.1, 0.15) is 13.8 Å². The van der Waals surface area contributed by atoms with Crippen LogP contribution in [-0.4, -0.2) is 32.3 Å². The maximum Gasteiger partial charge on any atom is 0.124 e. The Labute approximate surface area is 200 Å². The molecule has 0 unspecified atom stereocenters. The summed E-state index contributed by atoms with van der Waals surface area (Å²) in [6.07, 6.45) is 4.77. The Morgan fingerprint density at radius 2 is 1.88 bits per heavy atom. The summed E-state index contributed by atoms with van der Waals surface area (Å²) >= 11 is 0. The number of rotatable bonds is 10. The first-order chi connectivity index (χ1) is 15.6. The van der Waals surface area contributed by atoms with Gasteiger partial charge in [-0.3, -0.25) is 4.90 Å². The Kier molecular flexibility index (Phi) is 9.81. The van der Waals surface area contributed by atoms with Crippen LogP contribution in [0.2, 0.25) is 13.1 Å². The maximum absolute atomic E-state index is 8.58. The van der Waals surface area contributed by atoms with Crippen molar-refractivity contribution in [2.75, 3.05) is 19.3 Å². The predicted octanol–water partition coefficient (Wildman–Crippen LogP) is 6.59. The number of ether oxygens (including phenoxy) is 1. The van der Waals surface area contributed by atoms with Crippen LogP contribution < -0.4 is 9.92 Å². The fourth-order valence-corrected chi connectivity index (χ4v) is 4.96. The zero-order chi connectivity index (χ0) is 24.3.